The topological polar surface area (TPSA) is 119 Å². The molecule has 0 aromatic carbocycles. The number of anilines is 3. The molecule has 2 rings (SSSR count). The largest absolute Gasteiger partial charge is 0.369 e. The summed E-state index contributed by atoms with van der Waals surface area (Å²) in [4.78, 5) is 32.6. The molecule has 1 aliphatic rings. The van der Waals surface area contributed by atoms with Crippen LogP contribution >= 0.6 is 0 Å². The monoisotopic (exact) mass is 248 g/mol. The summed E-state index contributed by atoms with van der Waals surface area (Å²) in [5.41, 5.74) is 5.01. The van der Waals surface area contributed by atoms with E-state index in [0.717, 1.165) is 4.90 Å². The molecule has 1 amide bonds. The number of carbonyl (C=O) groups is 1. The number of nitrogens with one attached hydrogen (secondary N) is 1. The van der Waals surface area contributed by atoms with Crippen LogP contribution in [0, 0.1) is 11.3 Å². The Morgan fingerprint density at radius 2 is 2.33 bits per heavy atom. The predicted octanol–water partition coefficient (Wildman–Crippen LogP) is -0.953. The number of likely N-dealkylation sites (N-methyl/N-ethyl adjacent to an activating group) is 1. The molecule has 1 aromatic rings. The number of aromatic nitrogens is 2. The minimum absolute atomic E-state index is 0.0236. The van der Waals surface area contributed by atoms with Crippen LogP contribution in [-0.4, -0.2) is 35.5 Å². The first-order valence-corrected chi connectivity index (χ1v) is 5.26. The van der Waals surface area contributed by atoms with Gasteiger partial charge in [0.1, 0.15) is 6.04 Å². The van der Waals surface area contributed by atoms with Crippen molar-refractivity contribution in [2.24, 2.45) is 0 Å². The van der Waals surface area contributed by atoms with Gasteiger partial charge in [-0.3, -0.25) is 19.5 Å². The number of H-pyrrole nitrogens is 1. The first-order chi connectivity index (χ1) is 8.45. The maximum absolute atomic E-state index is 11.9. The van der Waals surface area contributed by atoms with Crippen LogP contribution in [0.2, 0.25) is 0 Å². The van der Waals surface area contributed by atoms with Gasteiger partial charge < -0.3 is 10.6 Å². The van der Waals surface area contributed by atoms with Gasteiger partial charge in [0.2, 0.25) is 11.9 Å². The van der Waals surface area contributed by atoms with Gasteiger partial charge in [-0.05, 0) is 0 Å². The molecule has 1 unspecified atom stereocenters. The maximum atomic E-state index is 11.9. The molecule has 0 aliphatic carbocycles. The Bertz CT molecular complexity index is 601. The molecule has 18 heavy (non-hydrogen) atoms. The van der Waals surface area contributed by atoms with E-state index in [1.54, 1.807) is 11.9 Å². The highest BCUT2D eigenvalue weighted by molar-refractivity contribution is 5.96. The first-order valence-electron chi connectivity index (χ1n) is 5.26. The van der Waals surface area contributed by atoms with E-state index in [-0.39, 0.29) is 24.1 Å². The quantitative estimate of drug-likeness (QED) is 0.610. The summed E-state index contributed by atoms with van der Waals surface area (Å²) < 4.78 is 0. The van der Waals surface area contributed by atoms with Crippen LogP contribution in [0.5, 0.6) is 0 Å². The normalized spacial score (nSPS) is 18.2. The maximum Gasteiger partial charge on any atom is 0.278 e. The average molecular weight is 248 g/mol. The van der Waals surface area contributed by atoms with E-state index in [2.05, 4.69) is 9.97 Å². The lowest BCUT2D eigenvalue weighted by molar-refractivity contribution is -0.116. The number of amides is 1. The van der Waals surface area contributed by atoms with E-state index in [9.17, 15) is 9.59 Å². The van der Waals surface area contributed by atoms with E-state index in [0.29, 0.717) is 5.82 Å². The average Bonchev–Trinajstić information content (AvgIpc) is 2.29. The Morgan fingerprint density at radius 1 is 1.67 bits per heavy atom. The van der Waals surface area contributed by atoms with Crippen LogP contribution < -0.4 is 21.1 Å². The van der Waals surface area contributed by atoms with Crippen LogP contribution in [0.1, 0.15) is 6.92 Å². The minimum atomic E-state index is -0.716. The third-order valence-corrected chi connectivity index (χ3v) is 2.74. The summed E-state index contributed by atoms with van der Waals surface area (Å²) in [5, 5.41) is 9.07. The van der Waals surface area contributed by atoms with Crippen molar-refractivity contribution >= 4 is 23.4 Å². The fraction of sp³-hybridized carbons (Fsp3) is 0.400. The lowest BCUT2D eigenvalue weighted by Gasteiger charge is -2.36. The van der Waals surface area contributed by atoms with Gasteiger partial charge in [0.05, 0.1) is 12.6 Å². The summed E-state index contributed by atoms with van der Waals surface area (Å²) in [7, 11) is 1.69. The van der Waals surface area contributed by atoms with Gasteiger partial charge >= 0.3 is 0 Å². The van der Waals surface area contributed by atoms with Gasteiger partial charge in [-0.2, -0.15) is 10.2 Å². The molecule has 3 N–H and O–H groups in total. The number of aromatic amines is 1. The Balaban J connectivity index is 2.72. The minimum Gasteiger partial charge on any atom is -0.369 e. The van der Waals surface area contributed by atoms with E-state index >= 15 is 0 Å². The van der Waals surface area contributed by atoms with Crippen molar-refractivity contribution in [3.8, 4) is 6.07 Å². The first kappa shape index (κ1) is 11.9. The Labute approximate surface area is 103 Å². The number of fused-ring (bicyclic) bond motifs is 1. The molecule has 0 saturated carbocycles. The molecule has 0 spiro atoms. The third kappa shape index (κ3) is 1.66. The fourth-order valence-corrected chi connectivity index (χ4v) is 2.01. The Morgan fingerprint density at radius 3 is 2.89 bits per heavy atom. The molecule has 94 valence electrons. The zero-order valence-electron chi connectivity index (χ0n) is 9.97. The van der Waals surface area contributed by atoms with Crippen molar-refractivity contribution in [3.05, 3.63) is 10.4 Å². The number of nitrogens with zero attached hydrogens (tertiary/aromatic N) is 4. The van der Waals surface area contributed by atoms with Crippen molar-refractivity contribution in [2.75, 3.05) is 29.1 Å². The van der Waals surface area contributed by atoms with E-state index < -0.39 is 11.6 Å². The summed E-state index contributed by atoms with van der Waals surface area (Å²) in [6, 6.07) is 1.28. The van der Waals surface area contributed by atoms with Crippen molar-refractivity contribution in [2.45, 2.75) is 13.0 Å². The lowest BCUT2D eigenvalue weighted by atomic mass is 10.1. The van der Waals surface area contributed by atoms with Crippen LogP contribution in [-0.2, 0) is 4.79 Å². The van der Waals surface area contributed by atoms with E-state index in [1.165, 1.54) is 6.92 Å². The van der Waals surface area contributed by atoms with E-state index in [1.807, 2.05) is 6.07 Å². The summed E-state index contributed by atoms with van der Waals surface area (Å²) in [6.45, 7) is 1.58. The van der Waals surface area contributed by atoms with Crippen LogP contribution in [0.4, 0.5) is 17.5 Å². The molecule has 0 radical (unpaired) electrons. The van der Waals surface area contributed by atoms with Gasteiger partial charge in [0, 0.05) is 14.0 Å². The van der Waals surface area contributed by atoms with Gasteiger partial charge in [-0.25, -0.2) is 0 Å². The number of carbonyl (C=O) groups excluding carboxylic acids is 1. The summed E-state index contributed by atoms with van der Waals surface area (Å²) in [5.74, 6) is -0.101. The summed E-state index contributed by atoms with van der Waals surface area (Å²) in [6.07, 6.45) is 0. The van der Waals surface area contributed by atoms with Crippen LogP contribution in [0.15, 0.2) is 4.79 Å². The zero-order chi connectivity index (χ0) is 13.4. The fourth-order valence-electron chi connectivity index (χ4n) is 2.01. The molecular formula is C10H12N6O2. The second kappa shape index (κ2) is 4.03. The van der Waals surface area contributed by atoms with Gasteiger partial charge in [-0.15, -0.1) is 0 Å². The lowest BCUT2D eigenvalue weighted by Crippen LogP contribution is -2.52. The van der Waals surface area contributed by atoms with Crippen molar-refractivity contribution in [1.29, 1.82) is 5.26 Å². The van der Waals surface area contributed by atoms with Crippen molar-refractivity contribution in [1.82, 2.24) is 9.97 Å². The molecule has 0 bridgehead atoms. The molecule has 8 nitrogen and oxygen atoms in total. The molecule has 1 atom stereocenters. The smallest absolute Gasteiger partial charge is 0.278 e. The molecular weight excluding hydrogens is 236 g/mol. The molecule has 8 heteroatoms. The van der Waals surface area contributed by atoms with Crippen molar-refractivity contribution in [3.63, 3.8) is 0 Å². The summed E-state index contributed by atoms with van der Waals surface area (Å²) >= 11 is 0. The third-order valence-electron chi connectivity index (χ3n) is 2.74. The second-order valence-corrected chi connectivity index (χ2v) is 4.04. The van der Waals surface area contributed by atoms with E-state index in [4.69, 9.17) is 11.0 Å². The van der Waals surface area contributed by atoms with Gasteiger partial charge in [-0.1, -0.05) is 0 Å². The molecule has 0 saturated heterocycles. The second-order valence-electron chi connectivity index (χ2n) is 4.04. The highest BCUT2D eigenvalue weighted by atomic mass is 16.2. The number of hydrogen-bond donors (Lipinski definition) is 2. The van der Waals surface area contributed by atoms with Gasteiger partial charge in [0.15, 0.2) is 11.5 Å². The number of rotatable bonds is 0. The number of hydrogen-bond acceptors (Lipinski definition) is 6. The predicted molar refractivity (Wildman–Crippen MR) is 65.1 cm³/mol. The van der Waals surface area contributed by atoms with Crippen molar-refractivity contribution < 1.29 is 4.79 Å². The highest BCUT2D eigenvalue weighted by Gasteiger charge is 2.35. The number of nitrogens with two attached hydrogens (primary N) is 1. The molecule has 0 fully saturated rings. The number of nitrogen functional groups attached to an aromatic ring is 1. The van der Waals surface area contributed by atoms with Crippen LogP contribution in [0.3, 0.4) is 0 Å². The standard InChI is InChI=1S/C10H12N6O2/c1-5(17)16-6(3-11)4-15(2)8-7(16)9(18)14-10(12)13-8/h6H,4H2,1-2H3,(H3,12,13,14,18). The molecule has 2 heterocycles. The molecule has 1 aliphatic heterocycles. The van der Waals surface area contributed by atoms with Crippen LogP contribution in [0.25, 0.3) is 0 Å². The highest BCUT2D eigenvalue weighted by Crippen LogP contribution is 2.29. The SMILES string of the molecule is CC(=O)N1c2c(nc(N)[nH]c2=O)N(C)CC1C#N. The number of nitriles is 1. The zero-order valence-corrected chi connectivity index (χ0v) is 9.97. The van der Waals surface area contributed by atoms with Gasteiger partial charge in [0.25, 0.3) is 5.56 Å². The Hall–Kier alpha value is -2.56. The molecule has 1 aromatic heterocycles. The Kier molecular flexibility index (Phi) is 2.67.